The van der Waals surface area contributed by atoms with E-state index in [2.05, 4.69) is 35.4 Å². The quantitative estimate of drug-likeness (QED) is 0.879. The molecule has 2 N–H and O–H groups in total. The highest BCUT2D eigenvalue weighted by Gasteiger charge is 2.09. The van der Waals surface area contributed by atoms with E-state index in [-0.39, 0.29) is 0 Å². The molecule has 1 heterocycles. The molecule has 2 aromatic rings. The van der Waals surface area contributed by atoms with Gasteiger partial charge in [-0.2, -0.15) is 5.10 Å². The lowest BCUT2D eigenvalue weighted by molar-refractivity contribution is 0.543. The van der Waals surface area contributed by atoms with E-state index >= 15 is 0 Å². The number of H-pyrrole nitrogens is 1. The van der Waals surface area contributed by atoms with Crippen LogP contribution in [-0.4, -0.2) is 16.2 Å². The lowest BCUT2D eigenvalue weighted by Crippen LogP contribution is -2.28. The van der Waals surface area contributed by atoms with Crippen LogP contribution in [0, 0.1) is 13.8 Å². The molecule has 1 aromatic carbocycles. The molecular formula is C15H20ClN3. The Bertz CT molecular complexity index is 529. The van der Waals surface area contributed by atoms with E-state index in [0.717, 1.165) is 29.4 Å². The summed E-state index contributed by atoms with van der Waals surface area (Å²) in [6.45, 7) is 7.09. The Labute approximate surface area is 119 Å². The van der Waals surface area contributed by atoms with E-state index in [1.165, 1.54) is 11.1 Å². The molecule has 3 nitrogen and oxygen atoms in total. The normalized spacial score (nSPS) is 12.6. The van der Waals surface area contributed by atoms with Crippen molar-refractivity contribution in [2.45, 2.75) is 39.8 Å². The van der Waals surface area contributed by atoms with Crippen LogP contribution in [0.3, 0.4) is 0 Å². The number of aromatic nitrogens is 2. The third kappa shape index (κ3) is 3.58. The number of hydrogen-bond acceptors (Lipinski definition) is 2. The van der Waals surface area contributed by atoms with Gasteiger partial charge in [0.1, 0.15) is 0 Å². The first-order chi connectivity index (χ1) is 9.08. The van der Waals surface area contributed by atoms with Crippen molar-refractivity contribution < 1.29 is 0 Å². The first-order valence-electron chi connectivity index (χ1n) is 6.55. The minimum absolute atomic E-state index is 0.369. The van der Waals surface area contributed by atoms with Gasteiger partial charge >= 0.3 is 0 Å². The highest BCUT2D eigenvalue weighted by Crippen LogP contribution is 2.17. The molecule has 0 fully saturated rings. The summed E-state index contributed by atoms with van der Waals surface area (Å²) >= 11 is 6.18. The van der Waals surface area contributed by atoms with Crippen molar-refractivity contribution in [3.63, 3.8) is 0 Å². The van der Waals surface area contributed by atoms with Gasteiger partial charge in [0.2, 0.25) is 0 Å². The first kappa shape index (κ1) is 14.1. The number of aryl methyl sites for hydroxylation is 2. The topological polar surface area (TPSA) is 40.7 Å². The summed E-state index contributed by atoms with van der Waals surface area (Å²) in [5.74, 6) is 0. The first-order valence-corrected chi connectivity index (χ1v) is 6.93. The number of halogens is 1. The van der Waals surface area contributed by atoms with Crippen molar-refractivity contribution in [2.24, 2.45) is 0 Å². The Morgan fingerprint density at radius 3 is 2.68 bits per heavy atom. The van der Waals surface area contributed by atoms with Crippen molar-refractivity contribution in [3.8, 4) is 0 Å². The molecule has 2 rings (SSSR count). The molecule has 0 radical (unpaired) electrons. The van der Waals surface area contributed by atoms with E-state index in [1.54, 1.807) is 0 Å². The minimum atomic E-state index is 0.369. The Morgan fingerprint density at radius 1 is 1.32 bits per heavy atom. The van der Waals surface area contributed by atoms with Crippen molar-refractivity contribution in [1.82, 2.24) is 15.5 Å². The molecule has 1 unspecified atom stereocenters. The summed E-state index contributed by atoms with van der Waals surface area (Å²) in [5.41, 5.74) is 4.64. The molecule has 4 heteroatoms. The highest BCUT2D eigenvalue weighted by molar-refractivity contribution is 6.31. The standard InChI is InChI=1S/C15H20ClN3/c1-10(8-13-6-4-5-7-15(13)16)17-9-14-11(2)18-19-12(14)3/h4-7,10,17H,8-9H2,1-3H3,(H,18,19). The van der Waals surface area contributed by atoms with Gasteiger partial charge in [0, 0.05) is 28.9 Å². The molecule has 0 amide bonds. The third-order valence-corrected chi connectivity index (χ3v) is 3.76. The molecule has 0 bridgehead atoms. The van der Waals surface area contributed by atoms with Gasteiger partial charge in [0.25, 0.3) is 0 Å². The van der Waals surface area contributed by atoms with Crippen LogP contribution >= 0.6 is 11.6 Å². The number of benzene rings is 1. The zero-order chi connectivity index (χ0) is 13.8. The van der Waals surface area contributed by atoms with Crippen LogP contribution in [0.25, 0.3) is 0 Å². The molecule has 1 atom stereocenters. The molecule has 0 saturated heterocycles. The zero-order valence-corrected chi connectivity index (χ0v) is 12.4. The predicted molar refractivity (Wildman–Crippen MR) is 79.5 cm³/mol. The molecule has 0 aliphatic rings. The van der Waals surface area contributed by atoms with Gasteiger partial charge in [0.05, 0.1) is 5.69 Å². The molecule has 1 aromatic heterocycles. The van der Waals surface area contributed by atoms with Crippen LogP contribution in [0.2, 0.25) is 5.02 Å². The molecule has 19 heavy (non-hydrogen) atoms. The lowest BCUT2D eigenvalue weighted by Gasteiger charge is -2.15. The zero-order valence-electron chi connectivity index (χ0n) is 11.6. The van der Waals surface area contributed by atoms with Crippen molar-refractivity contribution >= 4 is 11.6 Å². The van der Waals surface area contributed by atoms with Gasteiger partial charge in [0.15, 0.2) is 0 Å². The molecule has 0 aliphatic carbocycles. The molecular weight excluding hydrogens is 258 g/mol. The maximum absolute atomic E-state index is 6.18. The molecule has 102 valence electrons. The van der Waals surface area contributed by atoms with Crippen LogP contribution in [-0.2, 0) is 13.0 Å². The lowest BCUT2D eigenvalue weighted by atomic mass is 10.1. The number of nitrogens with one attached hydrogen (secondary N) is 2. The summed E-state index contributed by atoms with van der Waals surface area (Å²) in [6.07, 6.45) is 0.926. The third-order valence-electron chi connectivity index (χ3n) is 3.39. The van der Waals surface area contributed by atoms with E-state index in [1.807, 2.05) is 25.1 Å². The molecule has 0 aliphatic heterocycles. The second-order valence-corrected chi connectivity index (χ2v) is 5.40. The molecule has 0 saturated carbocycles. The Kier molecular flexibility index (Phi) is 4.61. The van der Waals surface area contributed by atoms with Crippen molar-refractivity contribution in [2.75, 3.05) is 0 Å². The fourth-order valence-corrected chi connectivity index (χ4v) is 2.39. The second-order valence-electron chi connectivity index (χ2n) is 4.99. The van der Waals surface area contributed by atoms with Crippen LogP contribution in [0.15, 0.2) is 24.3 Å². The van der Waals surface area contributed by atoms with Gasteiger partial charge in [-0.05, 0) is 38.8 Å². The summed E-state index contributed by atoms with van der Waals surface area (Å²) < 4.78 is 0. The van der Waals surface area contributed by atoms with Gasteiger partial charge in [-0.15, -0.1) is 0 Å². The number of nitrogens with zero attached hydrogens (tertiary/aromatic N) is 1. The van der Waals surface area contributed by atoms with Crippen molar-refractivity contribution in [1.29, 1.82) is 0 Å². The summed E-state index contributed by atoms with van der Waals surface area (Å²) in [6, 6.07) is 8.37. The minimum Gasteiger partial charge on any atom is -0.310 e. The summed E-state index contributed by atoms with van der Waals surface area (Å²) in [7, 11) is 0. The van der Waals surface area contributed by atoms with Gasteiger partial charge in [-0.1, -0.05) is 29.8 Å². The average molecular weight is 278 g/mol. The van der Waals surface area contributed by atoms with Crippen molar-refractivity contribution in [3.05, 3.63) is 51.8 Å². The van der Waals surface area contributed by atoms with Gasteiger partial charge in [-0.25, -0.2) is 0 Å². The smallest absolute Gasteiger partial charge is 0.0638 e. The maximum Gasteiger partial charge on any atom is 0.0638 e. The Hall–Kier alpha value is -1.32. The molecule has 0 spiro atoms. The second kappa shape index (κ2) is 6.22. The number of hydrogen-bond donors (Lipinski definition) is 2. The van der Waals surface area contributed by atoms with Crippen LogP contribution in [0.5, 0.6) is 0 Å². The van der Waals surface area contributed by atoms with Crippen LogP contribution < -0.4 is 5.32 Å². The van der Waals surface area contributed by atoms with E-state index in [4.69, 9.17) is 11.6 Å². The largest absolute Gasteiger partial charge is 0.310 e. The van der Waals surface area contributed by atoms with E-state index < -0.39 is 0 Å². The van der Waals surface area contributed by atoms with E-state index in [9.17, 15) is 0 Å². The van der Waals surface area contributed by atoms with E-state index in [0.29, 0.717) is 6.04 Å². The number of rotatable bonds is 5. The number of aromatic amines is 1. The SMILES string of the molecule is Cc1n[nH]c(C)c1CNC(C)Cc1ccccc1Cl. The van der Waals surface area contributed by atoms with Crippen LogP contribution in [0.1, 0.15) is 29.4 Å². The fourth-order valence-electron chi connectivity index (χ4n) is 2.18. The Balaban J connectivity index is 1.92. The Morgan fingerprint density at radius 2 is 2.05 bits per heavy atom. The van der Waals surface area contributed by atoms with Crippen LogP contribution in [0.4, 0.5) is 0 Å². The summed E-state index contributed by atoms with van der Waals surface area (Å²) in [5, 5.41) is 11.6. The maximum atomic E-state index is 6.18. The fraction of sp³-hybridized carbons (Fsp3) is 0.400. The van der Waals surface area contributed by atoms with Gasteiger partial charge < -0.3 is 5.32 Å². The average Bonchev–Trinajstić information content (AvgIpc) is 2.70. The monoisotopic (exact) mass is 277 g/mol. The predicted octanol–water partition coefficient (Wildman–Crippen LogP) is 3.40. The highest BCUT2D eigenvalue weighted by atomic mass is 35.5. The summed E-state index contributed by atoms with van der Waals surface area (Å²) in [4.78, 5) is 0. The van der Waals surface area contributed by atoms with Gasteiger partial charge in [-0.3, -0.25) is 5.10 Å².